The van der Waals surface area contributed by atoms with Crippen LogP contribution in [0.15, 0.2) is 23.8 Å². The Kier molecular flexibility index (Phi) is 7.12. The van der Waals surface area contributed by atoms with Crippen molar-refractivity contribution in [2.75, 3.05) is 13.2 Å². The van der Waals surface area contributed by atoms with Gasteiger partial charge in [-0.25, -0.2) is 4.39 Å². The summed E-state index contributed by atoms with van der Waals surface area (Å²) in [4.78, 5) is 0. The number of allylic oxidation sites excluding steroid dienone is 2. The number of halogens is 2. The highest BCUT2D eigenvalue weighted by molar-refractivity contribution is 5.33. The van der Waals surface area contributed by atoms with E-state index >= 15 is 0 Å². The third-order valence-electron chi connectivity index (χ3n) is 7.67. The number of fused-ring (bicyclic) bond motifs is 1. The van der Waals surface area contributed by atoms with Gasteiger partial charge < -0.3 is 9.47 Å². The van der Waals surface area contributed by atoms with Crippen LogP contribution in [-0.2, 0) is 4.74 Å². The summed E-state index contributed by atoms with van der Waals surface area (Å²) in [5.41, 5.74) is 2.20. The summed E-state index contributed by atoms with van der Waals surface area (Å²) in [7, 11) is 0. The molecule has 0 saturated heterocycles. The maximum atomic E-state index is 14.5. The molecule has 4 heteroatoms. The third-order valence-corrected chi connectivity index (χ3v) is 7.67. The van der Waals surface area contributed by atoms with Crippen LogP contribution in [0.1, 0.15) is 83.1 Å². The fourth-order valence-corrected chi connectivity index (χ4v) is 6.12. The smallest absolute Gasteiger partial charge is 0.200 e. The molecule has 1 aromatic carbocycles. The molecule has 2 saturated carbocycles. The van der Waals surface area contributed by atoms with Gasteiger partial charge in [0.25, 0.3) is 0 Å². The summed E-state index contributed by atoms with van der Waals surface area (Å²) in [6.07, 6.45) is 12.7. The van der Waals surface area contributed by atoms with Crippen molar-refractivity contribution in [3.63, 3.8) is 0 Å². The minimum Gasteiger partial charge on any atom is -0.491 e. The number of ether oxygens (including phenoxy) is 2. The van der Waals surface area contributed by atoms with E-state index in [-0.39, 0.29) is 17.8 Å². The van der Waals surface area contributed by atoms with Crippen molar-refractivity contribution in [2.45, 2.75) is 83.7 Å². The molecule has 0 radical (unpaired) electrons. The lowest BCUT2D eigenvalue weighted by molar-refractivity contribution is -0.00281. The zero-order valence-corrected chi connectivity index (χ0v) is 18.5. The molecule has 3 aliphatic carbocycles. The summed E-state index contributed by atoms with van der Waals surface area (Å²) in [6, 6.07) is 3.27. The summed E-state index contributed by atoms with van der Waals surface area (Å²) in [6.45, 7) is 5.24. The quantitative estimate of drug-likeness (QED) is 0.416. The van der Waals surface area contributed by atoms with E-state index in [2.05, 4.69) is 13.0 Å². The largest absolute Gasteiger partial charge is 0.491 e. The van der Waals surface area contributed by atoms with Gasteiger partial charge >= 0.3 is 0 Å². The molecule has 0 heterocycles. The highest BCUT2D eigenvalue weighted by Gasteiger charge is 2.40. The zero-order valence-electron chi connectivity index (χ0n) is 18.5. The van der Waals surface area contributed by atoms with Crippen LogP contribution in [-0.4, -0.2) is 19.3 Å². The maximum Gasteiger partial charge on any atom is 0.200 e. The number of hydrogen-bond acceptors (Lipinski definition) is 2. The fraction of sp³-hybridized carbons (Fsp3) is 0.692. The van der Waals surface area contributed by atoms with Gasteiger partial charge in [0.1, 0.15) is 0 Å². The van der Waals surface area contributed by atoms with E-state index in [9.17, 15) is 8.78 Å². The second-order valence-electron chi connectivity index (χ2n) is 9.39. The Bertz CT molecular complexity index is 752. The standard InChI is InChI=1S/C26H36F2O2/c1-3-5-17-8-12-22-19(9-13-21(17)22)16-30-20-10-6-18(7-11-20)23-14-15-24(29-4-2)26(28)25(23)27/h8,14-15,18-22H,3-7,9-13,16H2,1-2H3. The van der Waals surface area contributed by atoms with Crippen LogP contribution in [0, 0.1) is 29.4 Å². The lowest BCUT2D eigenvalue weighted by Gasteiger charge is -2.30. The van der Waals surface area contributed by atoms with Gasteiger partial charge in [0.2, 0.25) is 5.82 Å². The first kappa shape index (κ1) is 21.8. The van der Waals surface area contributed by atoms with Gasteiger partial charge in [-0.05, 0) is 93.6 Å². The second-order valence-corrected chi connectivity index (χ2v) is 9.39. The summed E-state index contributed by atoms with van der Waals surface area (Å²) in [5, 5.41) is 0. The lowest BCUT2D eigenvalue weighted by atomic mass is 9.82. The molecular weight excluding hydrogens is 382 g/mol. The molecule has 0 aliphatic heterocycles. The van der Waals surface area contributed by atoms with Crippen LogP contribution < -0.4 is 4.74 Å². The normalized spacial score (nSPS) is 30.9. The minimum absolute atomic E-state index is 0.00846. The molecule has 3 atom stereocenters. The average Bonchev–Trinajstić information content (AvgIpc) is 3.34. The summed E-state index contributed by atoms with van der Waals surface area (Å²) >= 11 is 0. The first-order valence-corrected chi connectivity index (χ1v) is 12.0. The van der Waals surface area contributed by atoms with Crippen molar-refractivity contribution in [3.05, 3.63) is 41.0 Å². The van der Waals surface area contributed by atoms with Gasteiger partial charge in [0.05, 0.1) is 19.3 Å². The van der Waals surface area contributed by atoms with Crippen molar-refractivity contribution < 1.29 is 18.3 Å². The van der Waals surface area contributed by atoms with E-state index in [1.54, 1.807) is 24.6 Å². The van der Waals surface area contributed by atoms with Crippen LogP contribution in [0.3, 0.4) is 0 Å². The van der Waals surface area contributed by atoms with Crippen molar-refractivity contribution >= 4 is 0 Å². The Morgan fingerprint density at radius 1 is 0.967 bits per heavy atom. The number of rotatable bonds is 8. The monoisotopic (exact) mass is 418 g/mol. The third kappa shape index (κ3) is 4.44. The van der Waals surface area contributed by atoms with E-state index in [0.29, 0.717) is 18.1 Å². The van der Waals surface area contributed by atoms with Crippen LogP contribution in [0.4, 0.5) is 8.78 Å². The molecule has 0 spiro atoms. The van der Waals surface area contributed by atoms with Crippen LogP contribution in [0.25, 0.3) is 0 Å². The molecule has 166 valence electrons. The second kappa shape index (κ2) is 9.80. The van der Waals surface area contributed by atoms with E-state index < -0.39 is 11.6 Å². The van der Waals surface area contributed by atoms with Crippen LogP contribution in [0.2, 0.25) is 0 Å². The molecule has 2 nitrogen and oxygen atoms in total. The predicted molar refractivity (Wildman–Crippen MR) is 116 cm³/mol. The molecule has 1 aromatic rings. The Labute approximate surface area is 180 Å². The van der Waals surface area contributed by atoms with Crippen LogP contribution >= 0.6 is 0 Å². The fourth-order valence-electron chi connectivity index (χ4n) is 6.12. The van der Waals surface area contributed by atoms with E-state index in [0.717, 1.165) is 44.1 Å². The van der Waals surface area contributed by atoms with Gasteiger partial charge in [0.15, 0.2) is 11.6 Å². The highest BCUT2D eigenvalue weighted by atomic mass is 19.2. The molecule has 30 heavy (non-hydrogen) atoms. The maximum absolute atomic E-state index is 14.5. The summed E-state index contributed by atoms with van der Waals surface area (Å²) in [5.74, 6) is 0.789. The van der Waals surface area contributed by atoms with Crippen molar-refractivity contribution in [2.24, 2.45) is 17.8 Å². The topological polar surface area (TPSA) is 18.5 Å². The average molecular weight is 419 g/mol. The molecule has 0 amide bonds. The Morgan fingerprint density at radius 2 is 1.77 bits per heavy atom. The summed E-state index contributed by atoms with van der Waals surface area (Å²) < 4.78 is 40.3. The zero-order chi connectivity index (χ0) is 21.1. The molecule has 3 unspecified atom stereocenters. The van der Waals surface area contributed by atoms with E-state index in [1.165, 1.54) is 32.1 Å². The van der Waals surface area contributed by atoms with Crippen molar-refractivity contribution in [1.29, 1.82) is 0 Å². The first-order valence-electron chi connectivity index (χ1n) is 12.0. The van der Waals surface area contributed by atoms with Gasteiger partial charge in [0, 0.05) is 0 Å². The van der Waals surface area contributed by atoms with Gasteiger partial charge in [-0.2, -0.15) is 4.39 Å². The predicted octanol–water partition coefficient (Wildman–Crippen LogP) is 7.18. The van der Waals surface area contributed by atoms with E-state index in [4.69, 9.17) is 9.47 Å². The van der Waals surface area contributed by atoms with Crippen molar-refractivity contribution in [1.82, 2.24) is 0 Å². The number of benzene rings is 1. The molecule has 0 aromatic heterocycles. The van der Waals surface area contributed by atoms with Gasteiger partial charge in [-0.3, -0.25) is 0 Å². The molecule has 2 fully saturated rings. The molecule has 4 rings (SSSR count). The highest BCUT2D eigenvalue weighted by Crippen LogP contribution is 2.49. The Morgan fingerprint density at radius 3 is 2.50 bits per heavy atom. The number of hydrogen-bond donors (Lipinski definition) is 0. The lowest BCUT2D eigenvalue weighted by Crippen LogP contribution is -2.25. The van der Waals surface area contributed by atoms with Gasteiger partial charge in [-0.15, -0.1) is 0 Å². The van der Waals surface area contributed by atoms with Gasteiger partial charge in [-0.1, -0.05) is 31.1 Å². The molecule has 3 aliphatic rings. The van der Waals surface area contributed by atoms with Crippen molar-refractivity contribution in [3.8, 4) is 5.75 Å². The minimum atomic E-state index is -0.851. The molecular formula is C26H36F2O2. The Hall–Kier alpha value is -1.42. The van der Waals surface area contributed by atoms with E-state index in [1.807, 2.05) is 0 Å². The first-order chi connectivity index (χ1) is 14.6. The molecule has 0 bridgehead atoms. The molecule has 0 N–H and O–H groups in total. The SMILES string of the molecule is CCCC1=CCC2C(COC3CCC(c4ccc(OCC)c(F)c4F)CC3)CCC12. The Balaban J connectivity index is 1.26. The van der Waals surface area contributed by atoms with Crippen LogP contribution in [0.5, 0.6) is 5.75 Å².